The summed E-state index contributed by atoms with van der Waals surface area (Å²) in [7, 11) is 0. The van der Waals surface area contributed by atoms with E-state index in [9.17, 15) is 19.2 Å². The Morgan fingerprint density at radius 3 is 2.23 bits per heavy atom. The van der Waals surface area contributed by atoms with Crippen molar-refractivity contribution in [2.45, 2.75) is 79.7 Å². The van der Waals surface area contributed by atoms with Crippen LogP contribution in [0.3, 0.4) is 0 Å². The first-order chi connectivity index (χ1) is 11.9. The molecule has 0 radical (unpaired) electrons. The van der Waals surface area contributed by atoms with Crippen LogP contribution in [0.15, 0.2) is 0 Å². The van der Waals surface area contributed by atoms with Gasteiger partial charge in [0.2, 0.25) is 17.7 Å². The van der Waals surface area contributed by atoms with E-state index in [0.717, 1.165) is 6.42 Å². The summed E-state index contributed by atoms with van der Waals surface area (Å²) in [6.45, 7) is 11.7. The lowest BCUT2D eigenvalue weighted by Gasteiger charge is -2.24. The smallest absolute Gasteiger partial charge is 0.233 e. The Hall–Kier alpha value is -1.72. The number of carbonyl (C=O) groups excluding carboxylic acids is 4. The lowest BCUT2D eigenvalue weighted by Crippen LogP contribution is -2.43. The van der Waals surface area contributed by atoms with E-state index in [0.29, 0.717) is 32.2 Å². The summed E-state index contributed by atoms with van der Waals surface area (Å²) in [6, 6.07) is -0.434. The number of carbonyl (C=O) groups is 4. The van der Waals surface area contributed by atoms with Crippen LogP contribution < -0.4 is 5.32 Å². The van der Waals surface area contributed by atoms with Crippen molar-refractivity contribution in [1.29, 1.82) is 0 Å². The molecule has 1 aliphatic heterocycles. The Morgan fingerprint density at radius 1 is 1.15 bits per heavy atom. The Bertz CT molecular complexity index is 549. The number of likely N-dealkylation sites (tertiary alicyclic amines) is 1. The summed E-state index contributed by atoms with van der Waals surface area (Å²) in [5.41, 5.74) is -0.205. The van der Waals surface area contributed by atoms with Crippen molar-refractivity contribution in [3.63, 3.8) is 0 Å². The maximum atomic E-state index is 12.4. The summed E-state index contributed by atoms with van der Waals surface area (Å²) in [4.78, 5) is 49.3. The number of rotatable bonds is 9. The van der Waals surface area contributed by atoms with Crippen LogP contribution in [0.2, 0.25) is 0 Å². The number of unbranched alkanes of at least 4 members (excludes halogenated alkanes) is 2. The number of ketones is 1. The molecule has 26 heavy (non-hydrogen) atoms. The van der Waals surface area contributed by atoms with E-state index in [1.54, 1.807) is 0 Å². The Kier molecular flexibility index (Phi) is 7.97. The summed E-state index contributed by atoms with van der Waals surface area (Å²) in [5.74, 6) is -0.483. The van der Waals surface area contributed by atoms with Gasteiger partial charge in [-0.25, -0.2) is 0 Å². The second-order valence-electron chi connectivity index (χ2n) is 8.72. The molecule has 6 heteroatoms. The van der Waals surface area contributed by atoms with Gasteiger partial charge < -0.3 is 5.32 Å². The minimum Gasteiger partial charge on any atom is -0.346 e. The number of amides is 3. The molecule has 2 atom stereocenters. The van der Waals surface area contributed by atoms with Gasteiger partial charge in [0.05, 0.1) is 12.0 Å². The molecular formula is C20H34N2O4. The maximum Gasteiger partial charge on any atom is 0.233 e. The zero-order valence-corrected chi connectivity index (χ0v) is 17.1. The molecule has 1 fully saturated rings. The highest BCUT2D eigenvalue weighted by Gasteiger charge is 2.44. The zero-order valence-electron chi connectivity index (χ0n) is 17.1. The molecule has 6 nitrogen and oxygen atoms in total. The largest absolute Gasteiger partial charge is 0.346 e. The first-order valence-electron chi connectivity index (χ1n) is 9.59. The number of hydrogen-bond acceptors (Lipinski definition) is 4. The van der Waals surface area contributed by atoms with E-state index in [1.807, 2.05) is 34.6 Å². The van der Waals surface area contributed by atoms with Crippen molar-refractivity contribution in [3.8, 4) is 0 Å². The summed E-state index contributed by atoms with van der Waals surface area (Å²) in [6.07, 6.45) is 2.78. The molecule has 1 rings (SSSR count). The number of Topliss-reactive ketones (excluding diaryl/α,β-unsaturated/α-hetero) is 1. The first-order valence-corrected chi connectivity index (χ1v) is 9.59. The molecule has 0 aromatic heterocycles. The van der Waals surface area contributed by atoms with Gasteiger partial charge in [0.1, 0.15) is 0 Å². The molecular weight excluding hydrogens is 332 g/mol. The van der Waals surface area contributed by atoms with Crippen molar-refractivity contribution in [1.82, 2.24) is 10.2 Å². The molecule has 1 saturated heterocycles. The van der Waals surface area contributed by atoms with Crippen LogP contribution in [0.5, 0.6) is 0 Å². The summed E-state index contributed by atoms with van der Waals surface area (Å²) in [5, 5.41) is 2.78. The normalized spacial score (nSPS) is 19.2. The minimum absolute atomic E-state index is 0.0344. The number of hydrogen-bond donors (Lipinski definition) is 1. The molecule has 1 unspecified atom stereocenters. The standard InChI is InChI=1S/C20H34N2O4/c1-13(2)18(14(3)23)21-16(24)10-8-7-9-11-22-17(25)12-15(19(22)26)20(4,5)6/h13,15,18H,7-12H2,1-6H3,(H,21,24)/t15?,18-/m0/s1. The van der Waals surface area contributed by atoms with Crippen LogP contribution >= 0.6 is 0 Å². The molecule has 3 amide bonds. The highest BCUT2D eigenvalue weighted by Crippen LogP contribution is 2.35. The Balaban J connectivity index is 2.33. The van der Waals surface area contributed by atoms with Gasteiger partial charge in [0.25, 0.3) is 0 Å². The van der Waals surface area contributed by atoms with Gasteiger partial charge in [-0.2, -0.15) is 0 Å². The van der Waals surface area contributed by atoms with Crippen LogP contribution in [-0.2, 0) is 19.2 Å². The maximum absolute atomic E-state index is 12.4. The molecule has 0 saturated carbocycles. The first kappa shape index (κ1) is 22.3. The highest BCUT2D eigenvalue weighted by atomic mass is 16.2. The predicted octanol–water partition coefficient (Wildman–Crippen LogP) is 2.70. The van der Waals surface area contributed by atoms with Crippen LogP contribution in [0.4, 0.5) is 0 Å². The van der Waals surface area contributed by atoms with Crippen LogP contribution in [0.25, 0.3) is 0 Å². The Labute approximate surface area is 157 Å². The monoisotopic (exact) mass is 366 g/mol. The van der Waals surface area contributed by atoms with Crippen molar-refractivity contribution in [2.75, 3.05) is 6.54 Å². The predicted molar refractivity (Wildman–Crippen MR) is 100 cm³/mol. The quantitative estimate of drug-likeness (QED) is 0.502. The molecule has 1 N–H and O–H groups in total. The van der Waals surface area contributed by atoms with E-state index in [4.69, 9.17) is 0 Å². The average molecular weight is 367 g/mol. The van der Waals surface area contributed by atoms with E-state index in [2.05, 4.69) is 5.32 Å². The van der Waals surface area contributed by atoms with E-state index in [1.165, 1.54) is 11.8 Å². The van der Waals surface area contributed by atoms with Crippen molar-refractivity contribution < 1.29 is 19.2 Å². The van der Waals surface area contributed by atoms with Gasteiger partial charge >= 0.3 is 0 Å². The van der Waals surface area contributed by atoms with E-state index < -0.39 is 6.04 Å². The van der Waals surface area contributed by atoms with Crippen molar-refractivity contribution in [3.05, 3.63) is 0 Å². The van der Waals surface area contributed by atoms with Crippen LogP contribution in [0.1, 0.15) is 73.6 Å². The second kappa shape index (κ2) is 9.28. The van der Waals surface area contributed by atoms with E-state index in [-0.39, 0.29) is 40.8 Å². The second-order valence-corrected chi connectivity index (χ2v) is 8.72. The topological polar surface area (TPSA) is 83.6 Å². The lowest BCUT2D eigenvalue weighted by atomic mass is 9.80. The van der Waals surface area contributed by atoms with Gasteiger partial charge in [-0.1, -0.05) is 41.0 Å². The van der Waals surface area contributed by atoms with Gasteiger partial charge in [-0.15, -0.1) is 0 Å². The van der Waals surface area contributed by atoms with Gasteiger partial charge in [0.15, 0.2) is 5.78 Å². The van der Waals surface area contributed by atoms with Gasteiger partial charge in [-0.3, -0.25) is 24.1 Å². The molecule has 1 heterocycles. The molecule has 1 aliphatic rings. The summed E-state index contributed by atoms with van der Waals surface area (Å²) < 4.78 is 0. The number of nitrogens with one attached hydrogen (secondary N) is 1. The minimum atomic E-state index is -0.434. The van der Waals surface area contributed by atoms with E-state index >= 15 is 0 Å². The van der Waals surface area contributed by atoms with Crippen molar-refractivity contribution >= 4 is 23.5 Å². The van der Waals surface area contributed by atoms with Crippen LogP contribution in [-0.4, -0.2) is 41.0 Å². The van der Waals surface area contributed by atoms with Gasteiger partial charge in [-0.05, 0) is 31.1 Å². The fourth-order valence-electron chi connectivity index (χ4n) is 3.31. The Morgan fingerprint density at radius 2 is 1.77 bits per heavy atom. The molecule has 148 valence electrons. The third-order valence-corrected chi connectivity index (χ3v) is 5.00. The fourth-order valence-corrected chi connectivity index (χ4v) is 3.31. The fraction of sp³-hybridized carbons (Fsp3) is 0.800. The molecule has 0 spiro atoms. The SMILES string of the molecule is CC(=O)[C@@H](NC(=O)CCCCCN1C(=O)CC(C(C)(C)C)C1=O)C(C)C. The van der Waals surface area contributed by atoms with Crippen LogP contribution in [0, 0.1) is 17.3 Å². The number of imide groups is 1. The average Bonchev–Trinajstić information content (AvgIpc) is 2.79. The summed E-state index contributed by atoms with van der Waals surface area (Å²) >= 11 is 0. The van der Waals surface area contributed by atoms with Gasteiger partial charge in [0, 0.05) is 19.4 Å². The third-order valence-electron chi connectivity index (χ3n) is 5.00. The van der Waals surface area contributed by atoms with Crippen molar-refractivity contribution in [2.24, 2.45) is 17.3 Å². The molecule has 0 aromatic rings. The zero-order chi connectivity index (χ0) is 20.1. The lowest BCUT2D eigenvalue weighted by molar-refractivity contribution is -0.140. The third kappa shape index (κ3) is 6.22. The highest BCUT2D eigenvalue weighted by molar-refractivity contribution is 6.03. The number of nitrogens with zero attached hydrogens (tertiary/aromatic N) is 1. The molecule has 0 aliphatic carbocycles. The molecule has 0 aromatic carbocycles. The molecule has 0 bridgehead atoms.